The van der Waals surface area contributed by atoms with Gasteiger partial charge >= 0.3 is 5.97 Å². The lowest BCUT2D eigenvalue weighted by Crippen LogP contribution is -2.22. The standard InChI is InChI=1S/C13H18O3/c1-3-11(9-16-13(15)10(2)14)12-7-5-4-6-8-12/h4-8,10-11,14H,3,9H2,1-2H3/t10-,11-/m1/s1. The van der Waals surface area contributed by atoms with E-state index < -0.39 is 12.1 Å². The highest BCUT2D eigenvalue weighted by Crippen LogP contribution is 2.19. The zero-order chi connectivity index (χ0) is 12.0. The molecule has 1 aromatic rings. The number of aliphatic hydroxyl groups is 1. The van der Waals surface area contributed by atoms with E-state index in [0.29, 0.717) is 6.61 Å². The number of ether oxygens (including phenoxy) is 1. The van der Waals surface area contributed by atoms with Crippen LogP contribution in [0.25, 0.3) is 0 Å². The molecule has 0 spiro atoms. The fourth-order valence-electron chi connectivity index (χ4n) is 1.48. The molecule has 0 saturated carbocycles. The van der Waals surface area contributed by atoms with E-state index in [1.54, 1.807) is 0 Å². The highest BCUT2D eigenvalue weighted by molar-refractivity contribution is 5.73. The molecule has 3 nitrogen and oxygen atoms in total. The Bertz CT molecular complexity index is 319. The third kappa shape index (κ3) is 3.66. The summed E-state index contributed by atoms with van der Waals surface area (Å²) in [6.07, 6.45) is -0.148. The summed E-state index contributed by atoms with van der Waals surface area (Å²) in [5.74, 6) is -0.363. The van der Waals surface area contributed by atoms with Gasteiger partial charge in [0.05, 0.1) is 6.61 Å². The third-order valence-electron chi connectivity index (χ3n) is 2.53. The molecule has 3 heteroatoms. The molecule has 1 N–H and O–H groups in total. The van der Waals surface area contributed by atoms with Gasteiger partial charge in [-0.15, -0.1) is 0 Å². The minimum Gasteiger partial charge on any atom is -0.463 e. The van der Waals surface area contributed by atoms with Crippen molar-refractivity contribution in [1.29, 1.82) is 0 Å². The average Bonchev–Trinajstić information content (AvgIpc) is 2.30. The van der Waals surface area contributed by atoms with Gasteiger partial charge < -0.3 is 9.84 Å². The Labute approximate surface area is 96.1 Å². The van der Waals surface area contributed by atoms with Crippen molar-refractivity contribution in [3.8, 4) is 0 Å². The van der Waals surface area contributed by atoms with Crippen LogP contribution in [0.5, 0.6) is 0 Å². The molecule has 2 atom stereocenters. The van der Waals surface area contributed by atoms with Crippen LogP contribution in [-0.2, 0) is 9.53 Å². The first-order chi connectivity index (χ1) is 7.65. The van der Waals surface area contributed by atoms with Crippen LogP contribution in [0.2, 0.25) is 0 Å². The molecule has 0 radical (unpaired) electrons. The molecule has 1 aromatic carbocycles. The Morgan fingerprint density at radius 2 is 2.00 bits per heavy atom. The Morgan fingerprint density at radius 1 is 1.38 bits per heavy atom. The van der Waals surface area contributed by atoms with Gasteiger partial charge in [0.2, 0.25) is 0 Å². The van der Waals surface area contributed by atoms with E-state index >= 15 is 0 Å². The molecule has 0 aliphatic carbocycles. The first-order valence-corrected chi connectivity index (χ1v) is 5.54. The summed E-state index contributed by atoms with van der Waals surface area (Å²) < 4.78 is 5.02. The summed E-state index contributed by atoms with van der Waals surface area (Å²) >= 11 is 0. The smallest absolute Gasteiger partial charge is 0.334 e. The molecule has 0 unspecified atom stereocenters. The summed E-state index contributed by atoms with van der Waals surface area (Å²) in [6, 6.07) is 9.93. The van der Waals surface area contributed by atoms with Gasteiger partial charge in [0.15, 0.2) is 0 Å². The monoisotopic (exact) mass is 222 g/mol. The van der Waals surface area contributed by atoms with Gasteiger partial charge in [0.25, 0.3) is 0 Å². The van der Waals surface area contributed by atoms with Crippen molar-refractivity contribution in [3.05, 3.63) is 35.9 Å². The lowest BCUT2D eigenvalue weighted by molar-refractivity contribution is -0.153. The van der Waals surface area contributed by atoms with Gasteiger partial charge in [0.1, 0.15) is 6.10 Å². The fraction of sp³-hybridized carbons (Fsp3) is 0.462. The molecule has 0 aliphatic rings. The molecule has 0 aliphatic heterocycles. The number of rotatable bonds is 5. The van der Waals surface area contributed by atoms with Gasteiger partial charge in [0, 0.05) is 5.92 Å². The number of aliphatic hydroxyl groups excluding tert-OH is 1. The maximum absolute atomic E-state index is 11.1. The van der Waals surface area contributed by atoms with E-state index in [2.05, 4.69) is 0 Å². The Balaban J connectivity index is 2.54. The van der Waals surface area contributed by atoms with Gasteiger partial charge in [-0.2, -0.15) is 0 Å². The molecule has 1 rings (SSSR count). The zero-order valence-corrected chi connectivity index (χ0v) is 9.72. The quantitative estimate of drug-likeness (QED) is 0.776. The predicted octanol–water partition coefficient (Wildman–Crippen LogP) is 2.10. The van der Waals surface area contributed by atoms with Crippen molar-refractivity contribution in [3.63, 3.8) is 0 Å². The van der Waals surface area contributed by atoms with Crippen molar-refractivity contribution >= 4 is 5.97 Å². The Hall–Kier alpha value is -1.35. The van der Waals surface area contributed by atoms with Crippen molar-refractivity contribution in [2.24, 2.45) is 0 Å². The van der Waals surface area contributed by atoms with Crippen molar-refractivity contribution in [1.82, 2.24) is 0 Å². The minimum absolute atomic E-state index is 0.198. The maximum Gasteiger partial charge on any atom is 0.334 e. The highest BCUT2D eigenvalue weighted by atomic mass is 16.5. The van der Waals surface area contributed by atoms with E-state index in [1.807, 2.05) is 37.3 Å². The molecule has 0 fully saturated rings. The van der Waals surface area contributed by atoms with E-state index in [1.165, 1.54) is 6.92 Å². The normalized spacial score (nSPS) is 14.2. The molecule has 0 aromatic heterocycles. The summed E-state index contributed by atoms with van der Waals surface area (Å²) in [7, 11) is 0. The fourth-order valence-corrected chi connectivity index (χ4v) is 1.48. The molecular formula is C13H18O3. The summed E-state index contributed by atoms with van der Waals surface area (Å²) in [5, 5.41) is 9.00. The summed E-state index contributed by atoms with van der Waals surface area (Å²) in [4.78, 5) is 11.1. The highest BCUT2D eigenvalue weighted by Gasteiger charge is 2.14. The van der Waals surface area contributed by atoms with Crippen molar-refractivity contribution in [2.45, 2.75) is 32.3 Å². The second kappa shape index (κ2) is 6.28. The van der Waals surface area contributed by atoms with Crippen LogP contribution in [0.4, 0.5) is 0 Å². The first kappa shape index (κ1) is 12.7. The van der Waals surface area contributed by atoms with Crippen LogP contribution in [0.15, 0.2) is 30.3 Å². The van der Waals surface area contributed by atoms with Crippen LogP contribution >= 0.6 is 0 Å². The number of carbonyl (C=O) groups is 1. The third-order valence-corrected chi connectivity index (χ3v) is 2.53. The molecule has 0 saturated heterocycles. The molecule has 16 heavy (non-hydrogen) atoms. The van der Waals surface area contributed by atoms with E-state index in [-0.39, 0.29) is 5.92 Å². The van der Waals surface area contributed by atoms with Crippen LogP contribution in [0.1, 0.15) is 31.7 Å². The maximum atomic E-state index is 11.1. The zero-order valence-electron chi connectivity index (χ0n) is 9.72. The number of benzene rings is 1. The number of esters is 1. The predicted molar refractivity (Wildman–Crippen MR) is 62.1 cm³/mol. The topological polar surface area (TPSA) is 46.5 Å². The Kier molecular flexibility index (Phi) is 4.99. The lowest BCUT2D eigenvalue weighted by Gasteiger charge is -2.16. The van der Waals surface area contributed by atoms with Crippen LogP contribution in [-0.4, -0.2) is 23.8 Å². The van der Waals surface area contributed by atoms with E-state index in [0.717, 1.165) is 12.0 Å². The second-order valence-corrected chi connectivity index (χ2v) is 3.82. The van der Waals surface area contributed by atoms with Crippen LogP contribution in [0.3, 0.4) is 0 Å². The Morgan fingerprint density at radius 3 is 2.50 bits per heavy atom. The number of hydrogen-bond donors (Lipinski definition) is 1. The van der Waals surface area contributed by atoms with Crippen molar-refractivity contribution in [2.75, 3.05) is 6.61 Å². The molecule has 0 heterocycles. The molecular weight excluding hydrogens is 204 g/mol. The summed E-state index contributed by atoms with van der Waals surface area (Å²) in [6.45, 7) is 3.78. The summed E-state index contributed by atoms with van der Waals surface area (Å²) in [5.41, 5.74) is 1.16. The first-order valence-electron chi connectivity index (χ1n) is 5.54. The minimum atomic E-state index is -1.05. The van der Waals surface area contributed by atoms with Crippen LogP contribution in [0, 0.1) is 0 Å². The van der Waals surface area contributed by atoms with E-state index in [4.69, 9.17) is 9.84 Å². The van der Waals surface area contributed by atoms with Crippen molar-refractivity contribution < 1.29 is 14.6 Å². The van der Waals surface area contributed by atoms with E-state index in [9.17, 15) is 4.79 Å². The van der Waals surface area contributed by atoms with Gasteiger partial charge in [-0.25, -0.2) is 4.79 Å². The van der Waals surface area contributed by atoms with Gasteiger partial charge in [-0.05, 0) is 18.9 Å². The molecule has 0 bridgehead atoms. The lowest BCUT2D eigenvalue weighted by atomic mass is 9.98. The SMILES string of the molecule is CC[C@H](COC(=O)[C@@H](C)O)c1ccccc1. The van der Waals surface area contributed by atoms with Crippen LogP contribution < -0.4 is 0 Å². The average molecular weight is 222 g/mol. The molecule has 0 amide bonds. The van der Waals surface area contributed by atoms with Gasteiger partial charge in [-0.1, -0.05) is 37.3 Å². The largest absolute Gasteiger partial charge is 0.463 e. The second-order valence-electron chi connectivity index (χ2n) is 3.82. The molecule has 88 valence electrons. The number of hydrogen-bond acceptors (Lipinski definition) is 3. The number of carbonyl (C=O) groups excluding carboxylic acids is 1. The van der Waals surface area contributed by atoms with Gasteiger partial charge in [-0.3, -0.25) is 0 Å².